The maximum atomic E-state index is 10.4. The lowest BCUT2D eigenvalue weighted by atomic mass is 10.0. The summed E-state index contributed by atoms with van der Waals surface area (Å²) >= 11 is 0. The van der Waals surface area contributed by atoms with Gasteiger partial charge in [-0.1, -0.05) is 29.3 Å². The molecule has 1 atom stereocenters. The van der Waals surface area contributed by atoms with E-state index < -0.39 is 0 Å². The van der Waals surface area contributed by atoms with Gasteiger partial charge in [0.15, 0.2) is 0 Å². The van der Waals surface area contributed by atoms with Crippen LogP contribution in [0.2, 0.25) is 0 Å². The molecule has 1 aliphatic rings. The quantitative estimate of drug-likeness (QED) is 0.914. The molecule has 3 nitrogen and oxygen atoms in total. The molecule has 0 spiro atoms. The van der Waals surface area contributed by atoms with Crippen LogP contribution in [0.15, 0.2) is 18.2 Å². The standard InChI is InChI=1S/C17H28N2O/c1-14-11-15(2)13-16(12-14)17(20)5-8-19-7-4-6-18(3)9-10-19/h11-13,17,20H,4-10H2,1-3H3. The fourth-order valence-corrected chi connectivity index (χ4v) is 3.00. The van der Waals surface area contributed by atoms with Crippen LogP contribution in [0.4, 0.5) is 0 Å². The largest absolute Gasteiger partial charge is 0.388 e. The van der Waals surface area contributed by atoms with Gasteiger partial charge in [-0.05, 0) is 52.4 Å². The van der Waals surface area contributed by atoms with Crippen molar-refractivity contribution in [1.29, 1.82) is 0 Å². The van der Waals surface area contributed by atoms with Crippen molar-refractivity contribution in [3.8, 4) is 0 Å². The van der Waals surface area contributed by atoms with E-state index >= 15 is 0 Å². The third-order valence-corrected chi connectivity index (χ3v) is 4.16. The number of aryl methyl sites for hydroxylation is 2. The summed E-state index contributed by atoms with van der Waals surface area (Å²) in [5.74, 6) is 0. The molecule has 1 aromatic carbocycles. The fraction of sp³-hybridized carbons (Fsp3) is 0.647. The summed E-state index contributed by atoms with van der Waals surface area (Å²) in [5, 5.41) is 10.4. The summed E-state index contributed by atoms with van der Waals surface area (Å²) in [5.41, 5.74) is 3.53. The van der Waals surface area contributed by atoms with E-state index in [1.54, 1.807) is 0 Å². The summed E-state index contributed by atoms with van der Waals surface area (Å²) in [6.45, 7) is 9.78. The summed E-state index contributed by atoms with van der Waals surface area (Å²) in [4.78, 5) is 4.87. The molecule has 1 aromatic rings. The van der Waals surface area contributed by atoms with E-state index in [4.69, 9.17) is 0 Å². The van der Waals surface area contributed by atoms with E-state index in [0.29, 0.717) is 0 Å². The van der Waals surface area contributed by atoms with Crippen molar-refractivity contribution in [3.63, 3.8) is 0 Å². The highest BCUT2D eigenvalue weighted by Gasteiger charge is 2.14. The average molecular weight is 276 g/mol. The van der Waals surface area contributed by atoms with Gasteiger partial charge in [-0.25, -0.2) is 0 Å². The highest BCUT2D eigenvalue weighted by atomic mass is 16.3. The van der Waals surface area contributed by atoms with Crippen LogP contribution in [0, 0.1) is 13.8 Å². The third-order valence-electron chi connectivity index (χ3n) is 4.16. The Kier molecular flexibility index (Phi) is 5.58. The van der Waals surface area contributed by atoms with Crippen molar-refractivity contribution in [3.05, 3.63) is 34.9 Å². The molecule has 2 rings (SSSR count). The minimum Gasteiger partial charge on any atom is -0.388 e. The predicted octanol–water partition coefficient (Wildman–Crippen LogP) is 2.36. The third kappa shape index (κ3) is 4.58. The van der Waals surface area contributed by atoms with Gasteiger partial charge in [0.2, 0.25) is 0 Å². The summed E-state index contributed by atoms with van der Waals surface area (Å²) in [7, 11) is 2.19. The van der Waals surface area contributed by atoms with E-state index in [2.05, 4.69) is 48.9 Å². The van der Waals surface area contributed by atoms with Crippen molar-refractivity contribution in [2.45, 2.75) is 32.8 Å². The van der Waals surface area contributed by atoms with Crippen LogP contribution in [-0.2, 0) is 0 Å². The first-order chi connectivity index (χ1) is 9.54. The Labute approximate surface area is 123 Å². The minimum atomic E-state index is -0.338. The van der Waals surface area contributed by atoms with Gasteiger partial charge in [-0.2, -0.15) is 0 Å². The van der Waals surface area contributed by atoms with Crippen molar-refractivity contribution in [2.75, 3.05) is 39.8 Å². The number of aliphatic hydroxyl groups excluding tert-OH is 1. The molecular weight excluding hydrogens is 248 g/mol. The van der Waals surface area contributed by atoms with Crippen LogP contribution < -0.4 is 0 Å². The van der Waals surface area contributed by atoms with E-state index in [1.807, 2.05) is 0 Å². The minimum absolute atomic E-state index is 0.338. The number of nitrogens with zero attached hydrogens (tertiary/aromatic N) is 2. The number of likely N-dealkylation sites (N-methyl/N-ethyl adjacent to an activating group) is 1. The van der Waals surface area contributed by atoms with Crippen molar-refractivity contribution in [2.24, 2.45) is 0 Å². The molecule has 1 unspecified atom stereocenters. The van der Waals surface area contributed by atoms with Crippen LogP contribution in [-0.4, -0.2) is 54.7 Å². The topological polar surface area (TPSA) is 26.7 Å². The lowest BCUT2D eigenvalue weighted by Gasteiger charge is -2.22. The Morgan fingerprint density at radius 1 is 1.05 bits per heavy atom. The second kappa shape index (κ2) is 7.21. The Morgan fingerprint density at radius 2 is 1.75 bits per heavy atom. The molecule has 112 valence electrons. The molecule has 0 radical (unpaired) electrons. The molecule has 1 N–H and O–H groups in total. The molecule has 1 saturated heterocycles. The van der Waals surface area contributed by atoms with E-state index in [9.17, 15) is 5.11 Å². The normalized spacial score (nSPS) is 19.8. The van der Waals surface area contributed by atoms with Gasteiger partial charge < -0.3 is 14.9 Å². The molecule has 0 bridgehead atoms. The van der Waals surface area contributed by atoms with Crippen LogP contribution >= 0.6 is 0 Å². The maximum Gasteiger partial charge on any atom is 0.0802 e. The zero-order valence-electron chi connectivity index (χ0n) is 13.1. The van der Waals surface area contributed by atoms with Crippen molar-refractivity contribution >= 4 is 0 Å². The molecule has 0 aromatic heterocycles. The number of benzene rings is 1. The average Bonchev–Trinajstić information content (AvgIpc) is 2.59. The van der Waals surface area contributed by atoms with Crippen LogP contribution in [0.25, 0.3) is 0 Å². The summed E-state index contributed by atoms with van der Waals surface area (Å²) in [6, 6.07) is 6.36. The SMILES string of the molecule is Cc1cc(C)cc(C(O)CCN2CCCN(C)CC2)c1. The van der Waals surface area contributed by atoms with Gasteiger partial charge in [-0.15, -0.1) is 0 Å². The summed E-state index contributed by atoms with van der Waals surface area (Å²) < 4.78 is 0. The number of aliphatic hydroxyl groups is 1. The van der Waals surface area contributed by atoms with Crippen LogP contribution in [0.3, 0.4) is 0 Å². The lowest BCUT2D eigenvalue weighted by Crippen LogP contribution is -2.30. The monoisotopic (exact) mass is 276 g/mol. The molecule has 0 saturated carbocycles. The Balaban J connectivity index is 1.86. The van der Waals surface area contributed by atoms with Crippen LogP contribution in [0.5, 0.6) is 0 Å². The summed E-state index contributed by atoms with van der Waals surface area (Å²) in [6.07, 6.45) is 1.72. The number of hydrogen-bond acceptors (Lipinski definition) is 3. The zero-order chi connectivity index (χ0) is 14.5. The molecule has 0 aliphatic carbocycles. The Morgan fingerprint density at radius 3 is 2.45 bits per heavy atom. The smallest absolute Gasteiger partial charge is 0.0802 e. The molecule has 1 aliphatic heterocycles. The Bertz CT molecular complexity index is 413. The van der Waals surface area contributed by atoms with E-state index in [-0.39, 0.29) is 6.10 Å². The second-order valence-electron chi connectivity index (χ2n) is 6.22. The fourth-order valence-electron chi connectivity index (χ4n) is 3.00. The first-order valence-electron chi connectivity index (χ1n) is 7.72. The lowest BCUT2D eigenvalue weighted by molar-refractivity contribution is 0.143. The zero-order valence-corrected chi connectivity index (χ0v) is 13.1. The van der Waals surface area contributed by atoms with E-state index in [0.717, 1.165) is 38.2 Å². The Hall–Kier alpha value is -0.900. The number of rotatable bonds is 4. The first kappa shape index (κ1) is 15.5. The molecule has 0 amide bonds. The predicted molar refractivity (Wildman–Crippen MR) is 84.0 cm³/mol. The van der Waals surface area contributed by atoms with Gasteiger partial charge in [0, 0.05) is 19.6 Å². The maximum absolute atomic E-state index is 10.4. The molecular formula is C17H28N2O. The highest BCUT2D eigenvalue weighted by molar-refractivity contribution is 5.29. The van der Waals surface area contributed by atoms with Crippen molar-refractivity contribution in [1.82, 2.24) is 9.80 Å². The van der Waals surface area contributed by atoms with Gasteiger partial charge in [0.05, 0.1) is 6.10 Å². The van der Waals surface area contributed by atoms with Gasteiger partial charge in [0.1, 0.15) is 0 Å². The molecule has 1 heterocycles. The van der Waals surface area contributed by atoms with Gasteiger partial charge in [0.25, 0.3) is 0 Å². The molecule has 1 fully saturated rings. The highest BCUT2D eigenvalue weighted by Crippen LogP contribution is 2.20. The number of hydrogen-bond donors (Lipinski definition) is 1. The van der Waals surface area contributed by atoms with Crippen molar-refractivity contribution < 1.29 is 5.11 Å². The van der Waals surface area contributed by atoms with Crippen LogP contribution in [0.1, 0.15) is 35.6 Å². The second-order valence-corrected chi connectivity index (χ2v) is 6.22. The van der Waals surface area contributed by atoms with E-state index in [1.165, 1.54) is 24.1 Å². The molecule has 20 heavy (non-hydrogen) atoms. The first-order valence-corrected chi connectivity index (χ1v) is 7.72. The van der Waals surface area contributed by atoms with Gasteiger partial charge in [-0.3, -0.25) is 0 Å². The van der Waals surface area contributed by atoms with Gasteiger partial charge >= 0.3 is 0 Å². The molecule has 3 heteroatoms.